The van der Waals surface area contributed by atoms with Gasteiger partial charge < -0.3 is 9.47 Å². The molecule has 1 aliphatic heterocycles. The third-order valence-electron chi connectivity index (χ3n) is 4.50. The van der Waals surface area contributed by atoms with Crippen molar-refractivity contribution in [2.24, 2.45) is 0 Å². The zero-order valence-electron chi connectivity index (χ0n) is 15.3. The molecular formula is C22H23NO4. The molecule has 0 amide bonds. The van der Waals surface area contributed by atoms with E-state index in [1.165, 1.54) is 18.7 Å². The average molecular weight is 365 g/mol. The SMILES string of the molecule is COC(=O)c1ccc(/C=C/C(=O)O[C@@H]2CCN(Cc3ccccc3)C2)cc1. The molecule has 0 N–H and O–H groups in total. The Hall–Kier alpha value is -2.92. The van der Waals surface area contributed by atoms with Gasteiger partial charge in [-0.2, -0.15) is 0 Å². The molecule has 0 aliphatic carbocycles. The van der Waals surface area contributed by atoms with Crippen LogP contribution in [0.15, 0.2) is 60.7 Å². The minimum atomic E-state index is -0.383. The molecule has 140 valence electrons. The number of hydrogen-bond donors (Lipinski definition) is 0. The van der Waals surface area contributed by atoms with Gasteiger partial charge in [0.2, 0.25) is 0 Å². The highest BCUT2D eigenvalue weighted by Gasteiger charge is 2.24. The van der Waals surface area contributed by atoms with Crippen molar-refractivity contribution in [2.75, 3.05) is 20.2 Å². The summed E-state index contributed by atoms with van der Waals surface area (Å²) in [5.41, 5.74) is 2.55. The van der Waals surface area contributed by atoms with Crippen molar-refractivity contribution < 1.29 is 19.1 Å². The van der Waals surface area contributed by atoms with Crippen LogP contribution in [0.4, 0.5) is 0 Å². The number of benzene rings is 2. The van der Waals surface area contributed by atoms with E-state index in [4.69, 9.17) is 4.74 Å². The lowest BCUT2D eigenvalue weighted by molar-refractivity contribution is -0.142. The smallest absolute Gasteiger partial charge is 0.337 e. The van der Waals surface area contributed by atoms with E-state index in [0.29, 0.717) is 5.56 Å². The summed E-state index contributed by atoms with van der Waals surface area (Å²) in [5, 5.41) is 0. The van der Waals surface area contributed by atoms with Crippen LogP contribution in [-0.2, 0) is 20.8 Å². The number of methoxy groups -OCH3 is 1. The largest absolute Gasteiger partial charge is 0.465 e. The van der Waals surface area contributed by atoms with Crippen molar-refractivity contribution in [2.45, 2.75) is 19.1 Å². The second-order valence-electron chi connectivity index (χ2n) is 6.52. The molecule has 1 atom stereocenters. The Morgan fingerprint density at radius 2 is 1.85 bits per heavy atom. The van der Waals surface area contributed by atoms with E-state index in [2.05, 4.69) is 21.8 Å². The fourth-order valence-corrected chi connectivity index (χ4v) is 3.09. The van der Waals surface area contributed by atoms with Crippen molar-refractivity contribution in [3.8, 4) is 0 Å². The molecule has 0 aromatic heterocycles. The third-order valence-corrected chi connectivity index (χ3v) is 4.50. The van der Waals surface area contributed by atoms with Crippen LogP contribution >= 0.6 is 0 Å². The third kappa shape index (κ3) is 5.53. The molecule has 27 heavy (non-hydrogen) atoms. The first-order valence-corrected chi connectivity index (χ1v) is 8.97. The molecule has 0 radical (unpaired) electrons. The molecule has 2 aromatic rings. The minimum absolute atomic E-state index is 0.0763. The molecular weight excluding hydrogens is 342 g/mol. The monoisotopic (exact) mass is 365 g/mol. The molecule has 0 spiro atoms. The summed E-state index contributed by atoms with van der Waals surface area (Å²) in [7, 11) is 1.34. The van der Waals surface area contributed by atoms with Gasteiger partial charge in [-0.15, -0.1) is 0 Å². The fraction of sp³-hybridized carbons (Fsp3) is 0.273. The Balaban J connectivity index is 1.46. The zero-order chi connectivity index (χ0) is 19.1. The number of esters is 2. The molecule has 5 heteroatoms. The normalized spacial score (nSPS) is 17.1. The van der Waals surface area contributed by atoms with Gasteiger partial charge in [-0.1, -0.05) is 42.5 Å². The summed E-state index contributed by atoms with van der Waals surface area (Å²) < 4.78 is 10.2. The molecule has 1 aliphatic rings. The summed E-state index contributed by atoms with van der Waals surface area (Å²) in [4.78, 5) is 25.8. The number of carbonyl (C=O) groups is 2. The Kier molecular flexibility index (Phi) is 6.39. The van der Waals surface area contributed by atoms with E-state index in [0.717, 1.165) is 31.6 Å². The Bertz CT molecular complexity index is 799. The molecule has 0 saturated carbocycles. The second-order valence-corrected chi connectivity index (χ2v) is 6.52. The number of carbonyl (C=O) groups excluding carboxylic acids is 2. The van der Waals surface area contributed by atoms with Gasteiger partial charge in [0.15, 0.2) is 0 Å². The first-order chi connectivity index (χ1) is 13.1. The lowest BCUT2D eigenvalue weighted by Crippen LogP contribution is -2.24. The van der Waals surface area contributed by atoms with Gasteiger partial charge in [0.1, 0.15) is 6.10 Å². The molecule has 3 rings (SSSR count). The number of hydrogen-bond acceptors (Lipinski definition) is 5. The van der Waals surface area contributed by atoms with Crippen LogP contribution < -0.4 is 0 Å². The molecule has 1 fully saturated rings. The first-order valence-electron chi connectivity index (χ1n) is 8.97. The summed E-state index contributed by atoms with van der Waals surface area (Å²) in [6.07, 6.45) is 3.88. The summed E-state index contributed by atoms with van der Waals surface area (Å²) in [6, 6.07) is 17.1. The van der Waals surface area contributed by atoms with Gasteiger partial charge in [0, 0.05) is 25.7 Å². The quantitative estimate of drug-likeness (QED) is 0.581. The van der Waals surface area contributed by atoms with Crippen LogP contribution in [0.3, 0.4) is 0 Å². The minimum Gasteiger partial charge on any atom is -0.465 e. The standard InChI is InChI=1S/C22H23NO4/c1-26-22(25)19-10-7-17(8-11-19)9-12-21(24)27-20-13-14-23(16-20)15-18-5-3-2-4-6-18/h2-12,20H,13-16H2,1H3/b12-9+/t20-/m1/s1. The molecule has 1 heterocycles. The van der Waals surface area contributed by atoms with Crippen LogP contribution in [-0.4, -0.2) is 43.1 Å². The fourth-order valence-electron chi connectivity index (χ4n) is 3.09. The van der Waals surface area contributed by atoms with Crippen molar-refractivity contribution in [3.63, 3.8) is 0 Å². The highest BCUT2D eigenvalue weighted by atomic mass is 16.5. The predicted octanol–water partition coefficient (Wildman–Crippen LogP) is 3.30. The van der Waals surface area contributed by atoms with Crippen molar-refractivity contribution in [1.82, 2.24) is 4.90 Å². The average Bonchev–Trinajstić information content (AvgIpc) is 3.13. The van der Waals surface area contributed by atoms with E-state index < -0.39 is 0 Å². The van der Waals surface area contributed by atoms with Crippen molar-refractivity contribution in [3.05, 3.63) is 77.4 Å². The topological polar surface area (TPSA) is 55.8 Å². The van der Waals surface area contributed by atoms with E-state index in [9.17, 15) is 9.59 Å². The van der Waals surface area contributed by atoms with Crippen LogP contribution in [0.25, 0.3) is 6.08 Å². The van der Waals surface area contributed by atoms with Gasteiger partial charge in [-0.3, -0.25) is 4.90 Å². The lowest BCUT2D eigenvalue weighted by Gasteiger charge is -2.15. The number of ether oxygens (including phenoxy) is 2. The maximum atomic E-state index is 12.1. The van der Waals surface area contributed by atoms with Gasteiger partial charge >= 0.3 is 11.9 Å². The summed E-state index contributed by atoms with van der Waals surface area (Å²) >= 11 is 0. The molecule has 5 nitrogen and oxygen atoms in total. The maximum absolute atomic E-state index is 12.1. The van der Waals surface area contributed by atoms with Crippen molar-refractivity contribution in [1.29, 1.82) is 0 Å². The second kappa shape index (κ2) is 9.14. The number of nitrogens with zero attached hydrogens (tertiary/aromatic N) is 1. The first kappa shape index (κ1) is 18.9. The highest BCUT2D eigenvalue weighted by Crippen LogP contribution is 2.16. The Labute approximate surface area is 159 Å². The van der Waals surface area contributed by atoms with Crippen LogP contribution in [0.1, 0.15) is 27.9 Å². The summed E-state index contributed by atoms with van der Waals surface area (Å²) in [5.74, 6) is -0.732. The van der Waals surface area contributed by atoms with Gasteiger partial charge in [0.25, 0.3) is 0 Å². The molecule has 1 saturated heterocycles. The number of likely N-dealkylation sites (tertiary alicyclic amines) is 1. The predicted molar refractivity (Wildman–Crippen MR) is 103 cm³/mol. The van der Waals surface area contributed by atoms with Gasteiger partial charge in [-0.05, 0) is 35.8 Å². The van der Waals surface area contributed by atoms with E-state index in [1.54, 1.807) is 30.3 Å². The van der Waals surface area contributed by atoms with Gasteiger partial charge in [0.05, 0.1) is 12.7 Å². The molecule has 0 bridgehead atoms. The summed E-state index contributed by atoms with van der Waals surface area (Å²) in [6.45, 7) is 2.55. The Morgan fingerprint density at radius 1 is 1.11 bits per heavy atom. The van der Waals surface area contributed by atoms with Crippen LogP contribution in [0.5, 0.6) is 0 Å². The zero-order valence-corrected chi connectivity index (χ0v) is 15.3. The van der Waals surface area contributed by atoms with E-state index in [1.807, 2.05) is 18.2 Å². The van der Waals surface area contributed by atoms with Crippen molar-refractivity contribution >= 4 is 18.0 Å². The Morgan fingerprint density at radius 3 is 2.56 bits per heavy atom. The van der Waals surface area contributed by atoms with Crippen LogP contribution in [0, 0.1) is 0 Å². The highest BCUT2D eigenvalue weighted by molar-refractivity contribution is 5.90. The van der Waals surface area contributed by atoms with Gasteiger partial charge in [-0.25, -0.2) is 9.59 Å². The lowest BCUT2D eigenvalue weighted by atomic mass is 10.1. The molecule has 2 aromatic carbocycles. The van der Waals surface area contributed by atoms with E-state index >= 15 is 0 Å². The number of rotatable bonds is 6. The maximum Gasteiger partial charge on any atom is 0.337 e. The van der Waals surface area contributed by atoms with Crippen LogP contribution in [0.2, 0.25) is 0 Å². The molecule has 0 unspecified atom stereocenters. The van der Waals surface area contributed by atoms with E-state index in [-0.39, 0.29) is 18.0 Å².